The minimum Gasteiger partial charge on any atom is -0.508 e. The maximum absolute atomic E-state index is 12.5. The van der Waals surface area contributed by atoms with Gasteiger partial charge in [0, 0.05) is 32.4 Å². The van der Waals surface area contributed by atoms with E-state index >= 15 is 0 Å². The maximum Gasteiger partial charge on any atom is 0.243 e. The Morgan fingerprint density at radius 1 is 1.10 bits per heavy atom. The van der Waals surface area contributed by atoms with E-state index in [0.29, 0.717) is 13.0 Å². The zero-order valence-corrected chi connectivity index (χ0v) is 16.9. The van der Waals surface area contributed by atoms with E-state index in [-0.39, 0.29) is 36.4 Å². The number of benzene rings is 2. The molecule has 0 saturated heterocycles. The number of phenolic OH excluding ortho intramolecular Hbond substituents is 1. The average molecular weight is 393 g/mol. The summed E-state index contributed by atoms with van der Waals surface area (Å²) in [5.41, 5.74) is 2.98. The number of carbonyl (C=O) groups is 2. The molecule has 6 nitrogen and oxygen atoms in total. The number of amides is 2. The number of hydrogen-bond donors (Lipinski definition) is 1. The third-order valence-electron chi connectivity index (χ3n) is 5.27. The first-order valence-electron chi connectivity index (χ1n) is 9.91. The van der Waals surface area contributed by atoms with Crippen LogP contribution in [0.2, 0.25) is 0 Å². The first kappa shape index (κ1) is 20.6. The van der Waals surface area contributed by atoms with Crippen LogP contribution in [0.15, 0.2) is 59.7 Å². The van der Waals surface area contributed by atoms with Crippen molar-refractivity contribution in [2.75, 3.05) is 13.6 Å². The van der Waals surface area contributed by atoms with Crippen molar-refractivity contribution in [2.24, 2.45) is 5.10 Å². The Morgan fingerprint density at radius 3 is 2.48 bits per heavy atom. The Bertz CT molecular complexity index is 878. The molecule has 1 N–H and O–H groups in total. The van der Waals surface area contributed by atoms with Crippen LogP contribution >= 0.6 is 0 Å². The lowest BCUT2D eigenvalue weighted by Gasteiger charge is -2.25. The fourth-order valence-corrected chi connectivity index (χ4v) is 3.35. The van der Waals surface area contributed by atoms with Gasteiger partial charge in [-0.05, 0) is 36.6 Å². The van der Waals surface area contributed by atoms with Crippen LogP contribution in [0.5, 0.6) is 5.75 Å². The van der Waals surface area contributed by atoms with Gasteiger partial charge in [0.1, 0.15) is 5.75 Å². The third-order valence-corrected chi connectivity index (χ3v) is 5.27. The molecule has 6 heteroatoms. The molecule has 1 heterocycles. The molecule has 2 aromatic rings. The summed E-state index contributed by atoms with van der Waals surface area (Å²) in [6, 6.07) is 16.8. The van der Waals surface area contributed by atoms with Gasteiger partial charge in [-0.3, -0.25) is 9.59 Å². The molecule has 0 aromatic heterocycles. The fourth-order valence-electron chi connectivity index (χ4n) is 3.35. The Balaban J connectivity index is 1.48. The summed E-state index contributed by atoms with van der Waals surface area (Å²) < 4.78 is 0. The van der Waals surface area contributed by atoms with Gasteiger partial charge in [0.25, 0.3) is 0 Å². The molecule has 3 rings (SSSR count). The molecule has 2 amide bonds. The molecule has 152 valence electrons. The molecule has 0 fully saturated rings. The molecule has 0 bridgehead atoms. The lowest BCUT2D eigenvalue weighted by Crippen LogP contribution is -2.37. The molecular formula is C23H27N3O3. The van der Waals surface area contributed by atoms with Gasteiger partial charge < -0.3 is 10.0 Å². The smallest absolute Gasteiger partial charge is 0.243 e. The molecule has 1 aliphatic heterocycles. The average Bonchev–Trinajstić information content (AvgIpc) is 3.24. The number of aromatic hydroxyl groups is 1. The van der Waals surface area contributed by atoms with Gasteiger partial charge >= 0.3 is 0 Å². The van der Waals surface area contributed by atoms with Crippen molar-refractivity contribution >= 4 is 17.5 Å². The van der Waals surface area contributed by atoms with Crippen LogP contribution in [-0.2, 0) is 16.0 Å². The highest BCUT2D eigenvalue weighted by Gasteiger charge is 2.23. The molecule has 1 atom stereocenters. The van der Waals surface area contributed by atoms with E-state index in [1.807, 2.05) is 49.4 Å². The lowest BCUT2D eigenvalue weighted by molar-refractivity contribution is -0.137. The molecule has 29 heavy (non-hydrogen) atoms. The standard InChI is InChI=1S/C23H27N3O3/c1-17(16-18-8-10-20(27)11-9-18)25(2)22(28)12-13-23(29)26-15-14-21(24-26)19-6-4-3-5-7-19/h3-11,17,27H,12-16H2,1-2H3/t17-/m1/s1. The van der Waals surface area contributed by atoms with Gasteiger partial charge in [-0.2, -0.15) is 5.10 Å². The van der Waals surface area contributed by atoms with E-state index in [4.69, 9.17) is 0 Å². The summed E-state index contributed by atoms with van der Waals surface area (Å²) in [6.07, 6.45) is 1.74. The van der Waals surface area contributed by atoms with Crippen LogP contribution in [0.25, 0.3) is 0 Å². The summed E-state index contributed by atoms with van der Waals surface area (Å²) in [4.78, 5) is 26.7. The highest BCUT2D eigenvalue weighted by molar-refractivity contribution is 6.02. The predicted octanol–water partition coefficient (Wildman–Crippen LogP) is 3.20. The third kappa shape index (κ3) is 5.44. The van der Waals surface area contributed by atoms with Crippen LogP contribution in [0, 0.1) is 0 Å². The highest BCUT2D eigenvalue weighted by Crippen LogP contribution is 2.16. The van der Waals surface area contributed by atoms with Crippen molar-refractivity contribution in [3.63, 3.8) is 0 Å². The van der Waals surface area contributed by atoms with Crippen molar-refractivity contribution in [3.8, 4) is 5.75 Å². The minimum absolute atomic E-state index is 0.00312. The van der Waals surface area contributed by atoms with Crippen molar-refractivity contribution in [1.29, 1.82) is 0 Å². The summed E-state index contributed by atoms with van der Waals surface area (Å²) >= 11 is 0. The number of rotatable bonds is 7. The van der Waals surface area contributed by atoms with Crippen LogP contribution in [0.1, 0.15) is 37.3 Å². The quantitative estimate of drug-likeness (QED) is 0.785. The van der Waals surface area contributed by atoms with E-state index in [0.717, 1.165) is 23.3 Å². The van der Waals surface area contributed by atoms with Gasteiger partial charge in [-0.25, -0.2) is 5.01 Å². The van der Waals surface area contributed by atoms with Crippen molar-refractivity contribution in [3.05, 3.63) is 65.7 Å². The van der Waals surface area contributed by atoms with Gasteiger partial charge in [-0.1, -0.05) is 42.5 Å². The maximum atomic E-state index is 12.5. The number of carbonyl (C=O) groups excluding carboxylic acids is 2. The van der Waals surface area contributed by atoms with Gasteiger partial charge in [0.2, 0.25) is 11.8 Å². The SMILES string of the molecule is C[C@H](Cc1ccc(O)cc1)N(C)C(=O)CCC(=O)N1CCC(c2ccccc2)=N1. The number of phenols is 1. The molecule has 0 saturated carbocycles. The Kier molecular flexibility index (Phi) is 6.65. The summed E-state index contributed by atoms with van der Waals surface area (Å²) in [7, 11) is 1.76. The molecule has 2 aromatic carbocycles. The fraction of sp³-hybridized carbons (Fsp3) is 0.348. The zero-order chi connectivity index (χ0) is 20.8. The Morgan fingerprint density at radius 2 is 1.79 bits per heavy atom. The number of hydrogen-bond acceptors (Lipinski definition) is 4. The molecule has 1 aliphatic rings. The van der Waals surface area contributed by atoms with Crippen LogP contribution < -0.4 is 0 Å². The molecular weight excluding hydrogens is 366 g/mol. The van der Waals surface area contributed by atoms with E-state index in [9.17, 15) is 14.7 Å². The normalized spacial score (nSPS) is 14.4. The topological polar surface area (TPSA) is 73.2 Å². The molecule has 0 spiro atoms. The van der Waals surface area contributed by atoms with E-state index < -0.39 is 0 Å². The summed E-state index contributed by atoms with van der Waals surface area (Å²) in [5.74, 6) is 0.0456. The molecule has 0 radical (unpaired) electrons. The predicted molar refractivity (Wildman–Crippen MR) is 113 cm³/mol. The van der Waals surface area contributed by atoms with Gasteiger partial charge in [0.05, 0.1) is 12.3 Å². The monoisotopic (exact) mass is 393 g/mol. The Hall–Kier alpha value is -3.15. The minimum atomic E-state index is -0.121. The van der Waals surface area contributed by atoms with Gasteiger partial charge in [0.15, 0.2) is 0 Å². The lowest BCUT2D eigenvalue weighted by atomic mass is 10.1. The van der Waals surface area contributed by atoms with Crippen LogP contribution in [0.3, 0.4) is 0 Å². The molecule has 0 unspecified atom stereocenters. The second kappa shape index (κ2) is 9.37. The largest absolute Gasteiger partial charge is 0.508 e. The van der Waals surface area contributed by atoms with Gasteiger partial charge in [-0.15, -0.1) is 0 Å². The highest BCUT2D eigenvalue weighted by atomic mass is 16.3. The first-order valence-corrected chi connectivity index (χ1v) is 9.91. The zero-order valence-electron chi connectivity index (χ0n) is 16.9. The van der Waals surface area contributed by atoms with E-state index in [1.54, 1.807) is 24.1 Å². The molecule has 0 aliphatic carbocycles. The second-order valence-corrected chi connectivity index (χ2v) is 7.40. The second-order valence-electron chi connectivity index (χ2n) is 7.40. The first-order chi connectivity index (χ1) is 13.9. The van der Waals surface area contributed by atoms with Crippen LogP contribution in [0.4, 0.5) is 0 Å². The van der Waals surface area contributed by atoms with Crippen molar-refractivity contribution in [2.45, 2.75) is 38.6 Å². The summed E-state index contributed by atoms with van der Waals surface area (Å²) in [6.45, 7) is 2.54. The van der Waals surface area contributed by atoms with E-state index in [1.165, 1.54) is 5.01 Å². The van der Waals surface area contributed by atoms with Crippen molar-refractivity contribution in [1.82, 2.24) is 9.91 Å². The number of nitrogens with zero attached hydrogens (tertiary/aromatic N) is 3. The van der Waals surface area contributed by atoms with Crippen LogP contribution in [-0.4, -0.2) is 52.2 Å². The Labute approximate surface area is 171 Å². The summed E-state index contributed by atoms with van der Waals surface area (Å²) in [5, 5.41) is 15.3. The van der Waals surface area contributed by atoms with Crippen molar-refractivity contribution < 1.29 is 14.7 Å². The number of likely N-dealkylation sites (N-methyl/N-ethyl adjacent to an activating group) is 1. The number of hydrazone groups is 1. The van der Waals surface area contributed by atoms with E-state index in [2.05, 4.69) is 5.10 Å².